The highest BCUT2D eigenvalue weighted by atomic mass is 19.4. The predicted octanol–water partition coefficient (Wildman–Crippen LogP) is 5.21. The zero-order valence-electron chi connectivity index (χ0n) is 10.9. The highest BCUT2D eigenvalue weighted by Gasteiger charge is 2.30. The van der Waals surface area contributed by atoms with Gasteiger partial charge in [-0.3, -0.25) is 0 Å². The number of benzene rings is 1. The van der Waals surface area contributed by atoms with Crippen molar-refractivity contribution < 1.29 is 13.2 Å². The van der Waals surface area contributed by atoms with Gasteiger partial charge in [0.25, 0.3) is 0 Å². The first-order valence-electron chi connectivity index (χ1n) is 6.71. The minimum absolute atomic E-state index is 0.528. The molecule has 1 aliphatic carbocycles. The van der Waals surface area contributed by atoms with Crippen LogP contribution in [0.2, 0.25) is 0 Å². The minimum Gasteiger partial charge on any atom is -0.248 e. The van der Waals surface area contributed by atoms with E-state index in [-0.39, 0.29) is 0 Å². The van der Waals surface area contributed by atoms with Gasteiger partial charge in [-0.15, -0.1) is 0 Å². The van der Waals surface area contributed by atoms with Crippen LogP contribution in [0.4, 0.5) is 13.2 Å². The number of rotatable bonds is 1. The van der Waals surface area contributed by atoms with E-state index in [1.54, 1.807) is 6.07 Å². The van der Waals surface area contributed by atoms with Gasteiger partial charge in [0, 0.05) is 5.39 Å². The van der Waals surface area contributed by atoms with E-state index in [2.05, 4.69) is 11.1 Å². The molecule has 0 unspecified atom stereocenters. The van der Waals surface area contributed by atoms with Gasteiger partial charge in [-0.2, -0.15) is 13.2 Å². The first-order chi connectivity index (χ1) is 9.54. The second-order valence-electron chi connectivity index (χ2n) is 5.08. The van der Waals surface area contributed by atoms with Crippen LogP contribution < -0.4 is 0 Å². The summed E-state index contributed by atoms with van der Waals surface area (Å²) in [5, 5.41) is 0.528. The molecule has 104 valence electrons. The minimum atomic E-state index is -4.31. The zero-order chi connectivity index (χ0) is 14.2. The standard InChI is InChI=1S/C16H14F3N/c17-16(18,19)13-7-9-15-12(10-13)6-8-14(20-15)11-4-2-1-3-5-11/h4,6-10H,1-3,5H2. The van der Waals surface area contributed by atoms with Gasteiger partial charge in [-0.1, -0.05) is 12.1 Å². The zero-order valence-corrected chi connectivity index (χ0v) is 10.9. The maximum absolute atomic E-state index is 12.7. The van der Waals surface area contributed by atoms with Gasteiger partial charge >= 0.3 is 6.18 Å². The summed E-state index contributed by atoms with van der Waals surface area (Å²) in [6.45, 7) is 0. The number of halogens is 3. The lowest BCUT2D eigenvalue weighted by atomic mass is 9.96. The summed E-state index contributed by atoms with van der Waals surface area (Å²) in [6.07, 6.45) is 2.28. The number of nitrogens with zero attached hydrogens (tertiary/aromatic N) is 1. The third-order valence-electron chi connectivity index (χ3n) is 3.64. The summed E-state index contributed by atoms with van der Waals surface area (Å²) in [4.78, 5) is 4.49. The highest BCUT2D eigenvalue weighted by Crippen LogP contribution is 2.32. The van der Waals surface area contributed by atoms with Crippen molar-refractivity contribution in [3.05, 3.63) is 47.7 Å². The van der Waals surface area contributed by atoms with Crippen molar-refractivity contribution in [1.82, 2.24) is 4.98 Å². The maximum Gasteiger partial charge on any atom is 0.416 e. The second-order valence-corrected chi connectivity index (χ2v) is 5.08. The quantitative estimate of drug-likeness (QED) is 0.697. The van der Waals surface area contributed by atoms with E-state index in [0.29, 0.717) is 10.9 Å². The van der Waals surface area contributed by atoms with Crippen LogP contribution in [0.25, 0.3) is 16.5 Å². The summed E-state index contributed by atoms with van der Waals surface area (Å²) in [5.74, 6) is 0. The summed E-state index contributed by atoms with van der Waals surface area (Å²) >= 11 is 0. The number of hydrogen-bond acceptors (Lipinski definition) is 1. The van der Waals surface area contributed by atoms with E-state index in [1.807, 2.05) is 6.07 Å². The van der Waals surface area contributed by atoms with Crippen molar-refractivity contribution in [2.24, 2.45) is 0 Å². The van der Waals surface area contributed by atoms with Gasteiger partial charge in [-0.05, 0) is 55.5 Å². The van der Waals surface area contributed by atoms with Gasteiger partial charge in [0.2, 0.25) is 0 Å². The molecule has 0 amide bonds. The van der Waals surface area contributed by atoms with Crippen LogP contribution in [-0.2, 0) is 6.18 Å². The molecule has 0 atom stereocenters. The molecule has 0 N–H and O–H groups in total. The Balaban J connectivity index is 2.02. The van der Waals surface area contributed by atoms with Gasteiger partial charge in [-0.25, -0.2) is 4.98 Å². The number of aromatic nitrogens is 1. The lowest BCUT2D eigenvalue weighted by Crippen LogP contribution is -2.04. The lowest BCUT2D eigenvalue weighted by molar-refractivity contribution is -0.137. The molecule has 4 heteroatoms. The highest BCUT2D eigenvalue weighted by molar-refractivity contribution is 5.81. The second kappa shape index (κ2) is 4.93. The molecule has 0 fully saturated rings. The van der Waals surface area contributed by atoms with E-state index in [4.69, 9.17) is 0 Å². The monoisotopic (exact) mass is 277 g/mol. The van der Waals surface area contributed by atoms with Crippen molar-refractivity contribution in [1.29, 1.82) is 0 Å². The molecule has 0 spiro atoms. The van der Waals surface area contributed by atoms with Crippen molar-refractivity contribution >= 4 is 16.5 Å². The summed E-state index contributed by atoms with van der Waals surface area (Å²) in [7, 11) is 0. The fraction of sp³-hybridized carbons (Fsp3) is 0.312. The Morgan fingerprint density at radius 3 is 2.55 bits per heavy atom. The number of pyridine rings is 1. The number of allylic oxidation sites excluding steroid dienone is 2. The van der Waals surface area contributed by atoms with Crippen LogP contribution in [0.15, 0.2) is 36.4 Å². The fourth-order valence-electron chi connectivity index (χ4n) is 2.55. The maximum atomic E-state index is 12.7. The molecule has 1 nitrogen and oxygen atoms in total. The molecule has 0 saturated heterocycles. The predicted molar refractivity (Wildman–Crippen MR) is 73.2 cm³/mol. The Kier molecular flexibility index (Phi) is 3.24. The Morgan fingerprint density at radius 2 is 1.85 bits per heavy atom. The third-order valence-corrected chi connectivity index (χ3v) is 3.64. The van der Waals surface area contributed by atoms with Gasteiger partial charge < -0.3 is 0 Å². The average Bonchev–Trinajstić information content (AvgIpc) is 2.46. The average molecular weight is 277 g/mol. The smallest absolute Gasteiger partial charge is 0.248 e. The largest absolute Gasteiger partial charge is 0.416 e. The van der Waals surface area contributed by atoms with Crippen LogP contribution in [0, 0.1) is 0 Å². The molecule has 3 rings (SSSR count). The van der Waals surface area contributed by atoms with Crippen LogP contribution >= 0.6 is 0 Å². The number of alkyl halides is 3. The molecule has 1 heterocycles. The van der Waals surface area contributed by atoms with Gasteiger partial charge in [0.05, 0.1) is 16.8 Å². The van der Waals surface area contributed by atoms with Crippen LogP contribution in [0.3, 0.4) is 0 Å². The first-order valence-corrected chi connectivity index (χ1v) is 6.71. The molecule has 0 aliphatic heterocycles. The topological polar surface area (TPSA) is 12.9 Å². The Morgan fingerprint density at radius 1 is 1.00 bits per heavy atom. The normalized spacial score (nSPS) is 16.2. The third kappa shape index (κ3) is 2.55. The van der Waals surface area contributed by atoms with E-state index in [0.717, 1.165) is 37.1 Å². The van der Waals surface area contributed by atoms with E-state index in [1.165, 1.54) is 18.1 Å². The Bertz CT molecular complexity index is 671. The summed E-state index contributed by atoms with van der Waals surface area (Å²) < 4.78 is 38.0. The molecule has 0 bridgehead atoms. The SMILES string of the molecule is FC(F)(F)c1ccc2nc(C3=CCCCC3)ccc2c1. The van der Waals surface area contributed by atoms with Crippen LogP contribution in [0.5, 0.6) is 0 Å². The van der Waals surface area contributed by atoms with Crippen LogP contribution in [-0.4, -0.2) is 4.98 Å². The number of hydrogen-bond donors (Lipinski definition) is 0. The molecule has 1 aromatic carbocycles. The summed E-state index contributed by atoms with van der Waals surface area (Å²) in [6, 6.07) is 7.24. The molecule has 1 aliphatic rings. The molecule has 0 radical (unpaired) electrons. The van der Waals surface area contributed by atoms with Gasteiger partial charge in [0.1, 0.15) is 0 Å². The molecule has 1 aromatic heterocycles. The Hall–Kier alpha value is -1.84. The van der Waals surface area contributed by atoms with Crippen molar-refractivity contribution in [3.63, 3.8) is 0 Å². The molecular formula is C16H14F3N. The van der Waals surface area contributed by atoms with Crippen molar-refractivity contribution in [2.75, 3.05) is 0 Å². The fourth-order valence-corrected chi connectivity index (χ4v) is 2.55. The molecule has 0 saturated carbocycles. The molecule has 2 aromatic rings. The number of fused-ring (bicyclic) bond motifs is 1. The summed E-state index contributed by atoms with van der Waals surface area (Å²) in [5.41, 5.74) is 2.08. The lowest BCUT2D eigenvalue weighted by Gasteiger charge is -2.13. The first kappa shape index (κ1) is 13.2. The van der Waals surface area contributed by atoms with Crippen LogP contribution in [0.1, 0.15) is 36.9 Å². The molecular weight excluding hydrogens is 263 g/mol. The molecule has 20 heavy (non-hydrogen) atoms. The Labute approximate surface area is 115 Å². The van der Waals surface area contributed by atoms with Crippen molar-refractivity contribution in [2.45, 2.75) is 31.9 Å². The van der Waals surface area contributed by atoms with E-state index >= 15 is 0 Å². The van der Waals surface area contributed by atoms with E-state index in [9.17, 15) is 13.2 Å². The van der Waals surface area contributed by atoms with E-state index < -0.39 is 11.7 Å². The van der Waals surface area contributed by atoms with Crippen molar-refractivity contribution in [3.8, 4) is 0 Å². The van der Waals surface area contributed by atoms with Gasteiger partial charge in [0.15, 0.2) is 0 Å².